The van der Waals surface area contributed by atoms with E-state index in [0.717, 1.165) is 16.7 Å². The van der Waals surface area contributed by atoms with Crippen LogP contribution in [0.15, 0.2) is 70.4 Å². The lowest BCUT2D eigenvalue weighted by Crippen LogP contribution is -2.28. The van der Waals surface area contributed by atoms with Crippen molar-refractivity contribution in [1.29, 1.82) is 0 Å². The summed E-state index contributed by atoms with van der Waals surface area (Å²) in [5.41, 5.74) is 0.915. The minimum atomic E-state index is -0.508. The zero-order valence-corrected chi connectivity index (χ0v) is 16.6. The number of rotatable bonds is 6. The molecule has 0 saturated carbocycles. The summed E-state index contributed by atoms with van der Waals surface area (Å²) in [4.78, 5) is 32.2. The van der Waals surface area contributed by atoms with Crippen molar-refractivity contribution in [3.63, 3.8) is 0 Å². The van der Waals surface area contributed by atoms with Crippen molar-refractivity contribution in [1.82, 2.24) is 19.7 Å². The van der Waals surface area contributed by atoms with Crippen molar-refractivity contribution in [3.05, 3.63) is 92.8 Å². The minimum Gasteiger partial charge on any atom is -0.497 e. The lowest BCUT2D eigenvalue weighted by Gasteiger charge is -2.15. The Morgan fingerprint density at radius 1 is 1.13 bits per heavy atom. The molecule has 8 nitrogen and oxygen atoms in total. The van der Waals surface area contributed by atoms with Crippen molar-refractivity contribution in [2.24, 2.45) is 0 Å². The van der Waals surface area contributed by atoms with Gasteiger partial charge in [0.25, 0.3) is 11.1 Å². The molecule has 0 bridgehead atoms. The van der Waals surface area contributed by atoms with Gasteiger partial charge in [-0.3, -0.25) is 14.6 Å². The Labute approximate surface area is 172 Å². The maximum absolute atomic E-state index is 12.8. The Bertz CT molecular complexity index is 1290. The number of aromatic amines is 1. The molecule has 30 heavy (non-hydrogen) atoms. The topological polar surface area (TPSA) is 102 Å². The van der Waals surface area contributed by atoms with Crippen LogP contribution < -0.4 is 21.2 Å². The highest BCUT2D eigenvalue weighted by molar-refractivity contribution is 5.80. The molecular formula is C22H21N5O3. The molecule has 2 heterocycles. The average Bonchev–Trinajstić information content (AvgIpc) is 2.78. The quantitative estimate of drug-likeness (QED) is 0.513. The molecule has 0 spiro atoms. The number of aromatic nitrogens is 4. The van der Waals surface area contributed by atoms with Gasteiger partial charge in [0.2, 0.25) is 5.95 Å². The molecular weight excluding hydrogens is 382 g/mol. The third-order valence-electron chi connectivity index (χ3n) is 4.90. The lowest BCUT2D eigenvalue weighted by atomic mass is 10.2. The van der Waals surface area contributed by atoms with Gasteiger partial charge in [-0.25, -0.2) is 9.67 Å². The fraction of sp³-hybridized carbons (Fsp3) is 0.182. The van der Waals surface area contributed by atoms with Gasteiger partial charge in [0.1, 0.15) is 5.75 Å². The Morgan fingerprint density at radius 2 is 1.90 bits per heavy atom. The smallest absolute Gasteiger partial charge is 0.275 e. The highest BCUT2D eigenvalue weighted by atomic mass is 16.5. The first-order valence-electron chi connectivity index (χ1n) is 9.50. The zero-order chi connectivity index (χ0) is 21.1. The van der Waals surface area contributed by atoms with Crippen molar-refractivity contribution < 1.29 is 4.74 Å². The van der Waals surface area contributed by atoms with Crippen LogP contribution in [0.25, 0.3) is 10.8 Å². The SMILES string of the molecule is COc1ccc(CNc2nc(C(C)n3ncc4ccccc4c3=O)cc(=O)[nH]2)cc1. The van der Waals surface area contributed by atoms with E-state index >= 15 is 0 Å². The van der Waals surface area contributed by atoms with Gasteiger partial charge in [-0.1, -0.05) is 30.3 Å². The van der Waals surface area contributed by atoms with E-state index < -0.39 is 6.04 Å². The predicted octanol–water partition coefficient (Wildman–Crippen LogP) is 2.71. The Hall–Kier alpha value is -3.94. The van der Waals surface area contributed by atoms with Crippen molar-refractivity contribution in [2.45, 2.75) is 19.5 Å². The lowest BCUT2D eigenvalue weighted by molar-refractivity contribution is 0.414. The molecule has 2 aromatic carbocycles. The summed E-state index contributed by atoms with van der Waals surface area (Å²) in [5, 5.41) is 8.73. The second-order valence-corrected chi connectivity index (χ2v) is 6.88. The molecule has 2 aromatic heterocycles. The first kappa shape index (κ1) is 19.4. The fourth-order valence-electron chi connectivity index (χ4n) is 3.21. The average molecular weight is 403 g/mol. The van der Waals surface area contributed by atoms with Crippen LogP contribution in [0.1, 0.15) is 24.2 Å². The number of nitrogens with zero attached hydrogens (tertiary/aromatic N) is 3. The van der Waals surface area contributed by atoms with E-state index in [9.17, 15) is 9.59 Å². The number of anilines is 1. The standard InChI is InChI=1S/C22H21N5O3/c1-14(27-21(29)18-6-4-3-5-16(18)13-24-27)19-11-20(28)26-22(25-19)23-12-15-7-9-17(30-2)10-8-15/h3-11,13-14H,12H2,1-2H3,(H2,23,25,26,28). The Morgan fingerprint density at radius 3 is 2.67 bits per heavy atom. The van der Waals surface area contributed by atoms with E-state index in [4.69, 9.17) is 4.74 Å². The molecule has 0 saturated heterocycles. The van der Waals surface area contributed by atoms with E-state index in [1.54, 1.807) is 26.3 Å². The van der Waals surface area contributed by atoms with E-state index in [2.05, 4.69) is 20.4 Å². The number of nitrogens with one attached hydrogen (secondary N) is 2. The first-order chi connectivity index (χ1) is 14.5. The number of ether oxygens (including phenoxy) is 1. The van der Waals surface area contributed by atoms with Gasteiger partial charge in [-0.15, -0.1) is 0 Å². The Kier molecular flexibility index (Phi) is 5.30. The molecule has 0 aliphatic heterocycles. The molecule has 1 atom stereocenters. The van der Waals surface area contributed by atoms with Crippen LogP contribution in [0.2, 0.25) is 0 Å². The molecule has 0 aliphatic carbocycles. The van der Waals surface area contributed by atoms with Crippen LogP contribution in [-0.2, 0) is 6.54 Å². The van der Waals surface area contributed by atoms with Crippen LogP contribution >= 0.6 is 0 Å². The number of hydrogen-bond acceptors (Lipinski definition) is 6. The molecule has 0 fully saturated rings. The summed E-state index contributed by atoms with van der Waals surface area (Å²) in [7, 11) is 1.62. The van der Waals surface area contributed by atoms with E-state index in [-0.39, 0.29) is 11.1 Å². The second kappa shape index (κ2) is 8.20. The molecule has 0 amide bonds. The third kappa shape index (κ3) is 3.93. The molecule has 1 unspecified atom stereocenters. The second-order valence-electron chi connectivity index (χ2n) is 6.88. The highest BCUT2D eigenvalue weighted by Crippen LogP contribution is 2.16. The number of methoxy groups -OCH3 is 1. The van der Waals surface area contributed by atoms with Gasteiger partial charge in [0.05, 0.1) is 30.4 Å². The number of hydrogen-bond donors (Lipinski definition) is 2. The van der Waals surface area contributed by atoms with Crippen LogP contribution in [-0.4, -0.2) is 26.9 Å². The van der Waals surface area contributed by atoms with E-state index in [1.165, 1.54) is 10.7 Å². The molecule has 0 radical (unpaired) electrons. The van der Waals surface area contributed by atoms with Gasteiger partial charge < -0.3 is 10.1 Å². The molecule has 4 aromatic rings. The Balaban J connectivity index is 1.60. The van der Waals surface area contributed by atoms with Crippen LogP contribution in [0, 0.1) is 0 Å². The number of fused-ring (bicyclic) bond motifs is 1. The normalized spacial score (nSPS) is 11.9. The molecule has 0 aliphatic rings. The van der Waals surface area contributed by atoms with E-state index in [0.29, 0.717) is 23.6 Å². The predicted molar refractivity (Wildman–Crippen MR) is 115 cm³/mol. The van der Waals surface area contributed by atoms with Crippen LogP contribution in [0.3, 0.4) is 0 Å². The summed E-state index contributed by atoms with van der Waals surface area (Å²) in [6.07, 6.45) is 1.64. The largest absolute Gasteiger partial charge is 0.497 e. The maximum Gasteiger partial charge on any atom is 0.275 e. The maximum atomic E-state index is 12.8. The van der Waals surface area contributed by atoms with Gasteiger partial charge >= 0.3 is 0 Å². The number of benzene rings is 2. The molecule has 8 heteroatoms. The van der Waals surface area contributed by atoms with Crippen LogP contribution in [0.5, 0.6) is 5.75 Å². The summed E-state index contributed by atoms with van der Waals surface area (Å²) < 4.78 is 6.50. The summed E-state index contributed by atoms with van der Waals surface area (Å²) in [6.45, 7) is 2.26. The van der Waals surface area contributed by atoms with Crippen LogP contribution in [0.4, 0.5) is 5.95 Å². The molecule has 152 valence electrons. The summed E-state index contributed by atoms with van der Waals surface area (Å²) >= 11 is 0. The summed E-state index contributed by atoms with van der Waals surface area (Å²) in [5.74, 6) is 1.10. The molecule has 2 N–H and O–H groups in total. The highest BCUT2D eigenvalue weighted by Gasteiger charge is 2.15. The van der Waals surface area contributed by atoms with E-state index in [1.807, 2.05) is 42.5 Å². The summed E-state index contributed by atoms with van der Waals surface area (Å²) in [6, 6.07) is 15.7. The number of H-pyrrole nitrogens is 1. The first-order valence-corrected chi connectivity index (χ1v) is 9.50. The minimum absolute atomic E-state index is 0.226. The van der Waals surface area contributed by atoms with Gasteiger partial charge in [0.15, 0.2) is 0 Å². The fourth-order valence-corrected chi connectivity index (χ4v) is 3.21. The van der Waals surface area contributed by atoms with Gasteiger partial charge in [0, 0.05) is 18.0 Å². The monoisotopic (exact) mass is 403 g/mol. The van der Waals surface area contributed by atoms with Gasteiger partial charge in [-0.2, -0.15) is 5.10 Å². The van der Waals surface area contributed by atoms with Crippen molar-refractivity contribution >= 4 is 16.7 Å². The molecule has 4 rings (SSSR count). The third-order valence-corrected chi connectivity index (χ3v) is 4.90. The van der Waals surface area contributed by atoms with Crippen molar-refractivity contribution in [3.8, 4) is 5.75 Å². The zero-order valence-electron chi connectivity index (χ0n) is 16.6. The van der Waals surface area contributed by atoms with Gasteiger partial charge in [-0.05, 0) is 30.7 Å². The van der Waals surface area contributed by atoms with Crippen molar-refractivity contribution in [2.75, 3.05) is 12.4 Å².